The summed E-state index contributed by atoms with van der Waals surface area (Å²) < 4.78 is 10.3. The van der Waals surface area contributed by atoms with Gasteiger partial charge in [-0.05, 0) is 24.6 Å². The Hall–Kier alpha value is -1.55. The average Bonchev–Trinajstić information content (AvgIpc) is 2.66. The second kappa shape index (κ2) is 4.53. The van der Waals surface area contributed by atoms with Crippen LogP contribution < -0.4 is 4.74 Å². The lowest BCUT2D eigenvalue weighted by Gasteiger charge is -2.06. The van der Waals surface area contributed by atoms with Gasteiger partial charge in [0.2, 0.25) is 11.7 Å². The highest BCUT2D eigenvalue weighted by atomic mass is 35.5. The molecule has 1 aromatic carbocycles. The fourth-order valence-electron chi connectivity index (χ4n) is 1.26. The highest BCUT2D eigenvalue weighted by molar-refractivity contribution is 6.32. The van der Waals surface area contributed by atoms with Crippen molar-refractivity contribution < 1.29 is 9.26 Å². The summed E-state index contributed by atoms with van der Waals surface area (Å²) in [4.78, 5) is 4.03. The van der Waals surface area contributed by atoms with E-state index in [-0.39, 0.29) is 6.61 Å². The van der Waals surface area contributed by atoms with Crippen molar-refractivity contribution in [1.82, 2.24) is 10.1 Å². The van der Waals surface area contributed by atoms with E-state index in [4.69, 9.17) is 20.9 Å². The maximum atomic E-state index is 5.98. The van der Waals surface area contributed by atoms with Gasteiger partial charge in [-0.1, -0.05) is 22.8 Å². The van der Waals surface area contributed by atoms with Crippen molar-refractivity contribution in [2.45, 2.75) is 20.5 Å². The number of aromatic nitrogens is 2. The number of hydrogen-bond acceptors (Lipinski definition) is 4. The van der Waals surface area contributed by atoms with Crippen LogP contribution in [-0.2, 0) is 6.61 Å². The maximum absolute atomic E-state index is 5.98. The lowest BCUT2D eigenvalue weighted by Crippen LogP contribution is -1.98. The molecule has 16 heavy (non-hydrogen) atoms. The van der Waals surface area contributed by atoms with Crippen molar-refractivity contribution in [1.29, 1.82) is 0 Å². The molecule has 0 amide bonds. The third-order valence-corrected chi connectivity index (χ3v) is 2.33. The molecule has 0 aliphatic carbocycles. The number of aryl methyl sites for hydroxylation is 2. The Morgan fingerprint density at radius 1 is 1.38 bits per heavy atom. The number of hydrogen-bond donors (Lipinski definition) is 0. The summed E-state index contributed by atoms with van der Waals surface area (Å²) in [6, 6.07) is 5.59. The summed E-state index contributed by atoms with van der Waals surface area (Å²) in [5.41, 5.74) is 1.09. The quantitative estimate of drug-likeness (QED) is 0.825. The molecule has 4 nitrogen and oxygen atoms in total. The first-order valence-electron chi connectivity index (χ1n) is 4.83. The molecule has 0 aliphatic heterocycles. The largest absolute Gasteiger partial charge is 0.484 e. The molecule has 0 saturated carbocycles. The molecule has 1 heterocycles. The molecule has 5 heteroatoms. The molecule has 0 radical (unpaired) electrons. The molecule has 0 N–H and O–H groups in total. The molecule has 0 saturated heterocycles. The molecule has 0 atom stereocenters. The first-order valence-corrected chi connectivity index (χ1v) is 5.21. The summed E-state index contributed by atoms with van der Waals surface area (Å²) in [7, 11) is 0. The second-order valence-electron chi connectivity index (χ2n) is 3.45. The minimum atomic E-state index is 0.251. The van der Waals surface area contributed by atoms with Gasteiger partial charge in [0.15, 0.2) is 6.61 Å². The van der Waals surface area contributed by atoms with Gasteiger partial charge in [-0.2, -0.15) is 4.98 Å². The monoisotopic (exact) mass is 238 g/mol. The van der Waals surface area contributed by atoms with Crippen molar-refractivity contribution in [2.75, 3.05) is 0 Å². The average molecular weight is 239 g/mol. The van der Waals surface area contributed by atoms with Crippen molar-refractivity contribution in [3.8, 4) is 5.75 Å². The van der Waals surface area contributed by atoms with E-state index in [1.54, 1.807) is 13.0 Å². The molecule has 2 aromatic rings. The van der Waals surface area contributed by atoms with Gasteiger partial charge in [-0.3, -0.25) is 0 Å². The summed E-state index contributed by atoms with van der Waals surface area (Å²) in [5.74, 6) is 1.66. The highest BCUT2D eigenvalue weighted by Gasteiger charge is 2.06. The molecular formula is C11H11ClN2O2. The zero-order valence-corrected chi connectivity index (χ0v) is 9.78. The molecule has 2 rings (SSSR count). The topological polar surface area (TPSA) is 48.2 Å². The van der Waals surface area contributed by atoms with Crippen LogP contribution in [0.15, 0.2) is 22.7 Å². The SMILES string of the molecule is Cc1ccc(Cl)c(OCc2noc(C)n2)c1. The number of halogens is 1. The molecule has 0 fully saturated rings. The molecule has 0 aliphatic rings. The van der Waals surface area contributed by atoms with Gasteiger partial charge in [0.05, 0.1) is 5.02 Å². The zero-order chi connectivity index (χ0) is 11.5. The number of benzene rings is 1. The van der Waals surface area contributed by atoms with Gasteiger partial charge < -0.3 is 9.26 Å². The Morgan fingerprint density at radius 2 is 2.19 bits per heavy atom. The Labute approximate surface area is 98.2 Å². The van der Waals surface area contributed by atoms with Gasteiger partial charge in [0, 0.05) is 6.92 Å². The van der Waals surface area contributed by atoms with E-state index in [0.29, 0.717) is 22.5 Å². The normalized spacial score (nSPS) is 10.4. The second-order valence-corrected chi connectivity index (χ2v) is 3.86. The van der Waals surface area contributed by atoms with E-state index in [1.807, 2.05) is 19.1 Å². The fraction of sp³-hybridized carbons (Fsp3) is 0.273. The third-order valence-electron chi connectivity index (χ3n) is 2.01. The van der Waals surface area contributed by atoms with Crippen LogP contribution >= 0.6 is 11.6 Å². The first-order chi connectivity index (χ1) is 7.65. The lowest BCUT2D eigenvalue weighted by molar-refractivity contribution is 0.286. The standard InChI is InChI=1S/C11H11ClN2O2/c1-7-3-4-9(12)10(5-7)15-6-11-13-8(2)16-14-11/h3-5H,6H2,1-2H3. The van der Waals surface area contributed by atoms with Crippen LogP contribution in [0.5, 0.6) is 5.75 Å². The van der Waals surface area contributed by atoms with E-state index in [0.717, 1.165) is 5.56 Å². The predicted octanol–water partition coefficient (Wildman–Crippen LogP) is 2.92. The van der Waals surface area contributed by atoms with Crippen LogP contribution in [-0.4, -0.2) is 10.1 Å². The molecule has 0 bridgehead atoms. The van der Waals surface area contributed by atoms with Crippen LogP contribution in [0.4, 0.5) is 0 Å². The number of ether oxygens (including phenoxy) is 1. The highest BCUT2D eigenvalue weighted by Crippen LogP contribution is 2.25. The smallest absolute Gasteiger partial charge is 0.223 e. The maximum Gasteiger partial charge on any atom is 0.223 e. The van der Waals surface area contributed by atoms with Crippen molar-refractivity contribution in [3.63, 3.8) is 0 Å². The Morgan fingerprint density at radius 3 is 2.88 bits per heavy atom. The molecule has 0 spiro atoms. The van der Waals surface area contributed by atoms with E-state index in [2.05, 4.69) is 10.1 Å². The van der Waals surface area contributed by atoms with E-state index in [1.165, 1.54) is 0 Å². The Kier molecular flexibility index (Phi) is 3.10. The molecule has 1 aromatic heterocycles. The van der Waals surface area contributed by atoms with Crippen molar-refractivity contribution in [3.05, 3.63) is 40.5 Å². The van der Waals surface area contributed by atoms with Crippen LogP contribution in [0.1, 0.15) is 17.3 Å². The molecule has 0 unspecified atom stereocenters. The van der Waals surface area contributed by atoms with Gasteiger partial charge in [-0.25, -0.2) is 0 Å². The van der Waals surface area contributed by atoms with Crippen molar-refractivity contribution >= 4 is 11.6 Å². The van der Waals surface area contributed by atoms with Gasteiger partial charge in [-0.15, -0.1) is 0 Å². The number of rotatable bonds is 3. The van der Waals surface area contributed by atoms with E-state index >= 15 is 0 Å². The Bertz CT molecular complexity index is 496. The van der Waals surface area contributed by atoms with E-state index < -0.39 is 0 Å². The predicted molar refractivity (Wildman–Crippen MR) is 59.6 cm³/mol. The van der Waals surface area contributed by atoms with Crippen LogP contribution in [0.25, 0.3) is 0 Å². The van der Waals surface area contributed by atoms with Crippen LogP contribution in [0, 0.1) is 13.8 Å². The minimum absolute atomic E-state index is 0.251. The van der Waals surface area contributed by atoms with Crippen molar-refractivity contribution in [2.24, 2.45) is 0 Å². The lowest BCUT2D eigenvalue weighted by atomic mass is 10.2. The van der Waals surface area contributed by atoms with Crippen LogP contribution in [0.2, 0.25) is 5.02 Å². The van der Waals surface area contributed by atoms with Gasteiger partial charge in [0.1, 0.15) is 5.75 Å². The van der Waals surface area contributed by atoms with Gasteiger partial charge >= 0.3 is 0 Å². The van der Waals surface area contributed by atoms with Crippen LogP contribution in [0.3, 0.4) is 0 Å². The zero-order valence-electron chi connectivity index (χ0n) is 9.03. The molecule has 84 valence electrons. The first kappa shape index (κ1) is 11.0. The Balaban J connectivity index is 2.07. The minimum Gasteiger partial charge on any atom is -0.484 e. The summed E-state index contributed by atoms with van der Waals surface area (Å²) in [6.45, 7) is 3.96. The number of nitrogens with zero attached hydrogens (tertiary/aromatic N) is 2. The summed E-state index contributed by atoms with van der Waals surface area (Å²) in [5, 5.41) is 4.30. The summed E-state index contributed by atoms with van der Waals surface area (Å²) >= 11 is 5.98. The summed E-state index contributed by atoms with van der Waals surface area (Å²) in [6.07, 6.45) is 0. The van der Waals surface area contributed by atoms with E-state index in [9.17, 15) is 0 Å². The molecular weight excluding hydrogens is 228 g/mol. The fourth-order valence-corrected chi connectivity index (χ4v) is 1.44. The third kappa shape index (κ3) is 2.52. The van der Waals surface area contributed by atoms with Gasteiger partial charge in [0.25, 0.3) is 0 Å².